The van der Waals surface area contributed by atoms with Crippen LogP contribution in [-0.4, -0.2) is 32.5 Å². The van der Waals surface area contributed by atoms with Gasteiger partial charge in [-0.25, -0.2) is 0 Å². The van der Waals surface area contributed by atoms with Crippen LogP contribution in [0.1, 0.15) is 17.2 Å². The lowest BCUT2D eigenvalue weighted by atomic mass is 10.1. The zero-order chi connectivity index (χ0) is 18.2. The molecule has 0 aliphatic carbocycles. The van der Waals surface area contributed by atoms with E-state index in [1.165, 1.54) is 0 Å². The van der Waals surface area contributed by atoms with Crippen molar-refractivity contribution in [2.45, 2.75) is 13.0 Å². The molecule has 6 heteroatoms. The van der Waals surface area contributed by atoms with Gasteiger partial charge in [0.2, 0.25) is 0 Å². The number of ether oxygens (including phenoxy) is 1. The van der Waals surface area contributed by atoms with Crippen LogP contribution in [0.5, 0.6) is 5.75 Å². The van der Waals surface area contributed by atoms with Gasteiger partial charge < -0.3 is 20.7 Å². The monoisotopic (exact) mass is 342 g/mol. The molecule has 2 rings (SSSR count). The maximum Gasteiger partial charge on any atom is 0.287 e. The number of hydrogen-bond acceptors (Lipinski definition) is 3. The molecule has 0 aliphatic heterocycles. The Morgan fingerprint density at radius 3 is 2.52 bits per heavy atom. The fourth-order valence-corrected chi connectivity index (χ4v) is 2.51. The summed E-state index contributed by atoms with van der Waals surface area (Å²) in [6.45, 7) is 2.11. The molecule has 1 atom stereocenters. The molecule has 0 aliphatic rings. The lowest BCUT2D eigenvalue weighted by Crippen LogP contribution is -2.89. The van der Waals surface area contributed by atoms with E-state index in [1.54, 1.807) is 19.5 Å². The van der Waals surface area contributed by atoms with Crippen LogP contribution in [0, 0.1) is 6.92 Å². The van der Waals surface area contributed by atoms with Crippen LogP contribution in [0.2, 0.25) is 0 Å². The average molecular weight is 342 g/mol. The molecule has 2 aromatic carbocycles. The molecular formula is C19H24N3O3+. The Hall–Kier alpha value is -2.86. The molecule has 0 aromatic heterocycles. The van der Waals surface area contributed by atoms with Gasteiger partial charge in [-0.05, 0) is 24.6 Å². The minimum absolute atomic E-state index is 0.137. The number of nitrogens with one attached hydrogen (secondary N) is 2. The molecule has 2 aromatic rings. The van der Waals surface area contributed by atoms with E-state index in [1.807, 2.05) is 55.5 Å². The van der Waals surface area contributed by atoms with Gasteiger partial charge in [0.1, 0.15) is 5.75 Å². The summed E-state index contributed by atoms with van der Waals surface area (Å²) in [5.74, 6) is 0.248. The van der Waals surface area contributed by atoms with E-state index in [2.05, 4.69) is 10.6 Å². The number of rotatable bonds is 7. The topological polar surface area (TPSA) is 84.0 Å². The van der Waals surface area contributed by atoms with Crippen molar-refractivity contribution >= 4 is 17.5 Å². The summed E-state index contributed by atoms with van der Waals surface area (Å²) in [4.78, 5) is 24.4. The Balaban J connectivity index is 2.23. The lowest BCUT2D eigenvalue weighted by Gasteiger charge is -2.17. The zero-order valence-electron chi connectivity index (χ0n) is 14.7. The highest BCUT2D eigenvalue weighted by atomic mass is 16.5. The molecule has 132 valence electrons. The van der Waals surface area contributed by atoms with Gasteiger partial charge >= 0.3 is 0 Å². The molecule has 25 heavy (non-hydrogen) atoms. The summed E-state index contributed by atoms with van der Waals surface area (Å²) in [5.41, 5.74) is 2.46. The smallest absolute Gasteiger partial charge is 0.287 e. The number of hydrogen-bond donors (Lipinski definition) is 3. The van der Waals surface area contributed by atoms with E-state index in [0.717, 1.165) is 11.1 Å². The first kappa shape index (κ1) is 18.5. The van der Waals surface area contributed by atoms with Crippen LogP contribution in [0.3, 0.4) is 0 Å². The maximum atomic E-state index is 12.9. The second-order valence-corrected chi connectivity index (χ2v) is 5.69. The first-order valence-electron chi connectivity index (χ1n) is 8.09. The van der Waals surface area contributed by atoms with Gasteiger partial charge in [-0.2, -0.15) is 0 Å². The van der Waals surface area contributed by atoms with E-state index in [4.69, 9.17) is 4.74 Å². The van der Waals surface area contributed by atoms with E-state index in [-0.39, 0.29) is 18.4 Å². The number of amides is 2. The maximum absolute atomic E-state index is 12.9. The summed E-state index contributed by atoms with van der Waals surface area (Å²) >= 11 is 0. The summed E-state index contributed by atoms with van der Waals surface area (Å²) in [6.07, 6.45) is 0. The standard InChI is InChI=1S/C19H23N3O3/c1-13-9-10-16(25-3)15(11-13)22-19(24)18(21-12-17(23)20-2)14-7-5-4-6-8-14/h4-11,18,21H,12H2,1-3H3,(H,20,23)(H,22,24)/p+1/t18-/m1/s1. The van der Waals surface area contributed by atoms with Gasteiger partial charge in [-0.15, -0.1) is 0 Å². The third kappa shape index (κ3) is 5.06. The second kappa shape index (κ2) is 8.84. The summed E-state index contributed by atoms with van der Waals surface area (Å²) in [7, 11) is 3.14. The Morgan fingerprint density at radius 1 is 1.16 bits per heavy atom. The SMILES string of the molecule is CNC(=O)C[NH2+][C@@H](C(=O)Nc1cc(C)ccc1OC)c1ccccc1. The third-order valence-electron chi connectivity index (χ3n) is 3.87. The minimum Gasteiger partial charge on any atom is -0.495 e. The van der Waals surface area contributed by atoms with Crippen molar-refractivity contribution < 1.29 is 19.6 Å². The van der Waals surface area contributed by atoms with Crippen LogP contribution >= 0.6 is 0 Å². The molecule has 0 spiro atoms. The fraction of sp³-hybridized carbons (Fsp3) is 0.263. The molecule has 0 saturated carbocycles. The van der Waals surface area contributed by atoms with Gasteiger partial charge in [0.25, 0.3) is 11.8 Å². The highest BCUT2D eigenvalue weighted by molar-refractivity contribution is 5.96. The number of likely N-dealkylation sites (N-methyl/N-ethyl adjacent to an activating group) is 1. The van der Waals surface area contributed by atoms with Crippen LogP contribution in [0.4, 0.5) is 5.69 Å². The van der Waals surface area contributed by atoms with Crippen molar-refractivity contribution in [3.05, 3.63) is 59.7 Å². The Labute approximate surface area is 147 Å². The fourth-order valence-electron chi connectivity index (χ4n) is 2.51. The number of quaternary nitrogens is 1. The highest BCUT2D eigenvalue weighted by Crippen LogP contribution is 2.26. The highest BCUT2D eigenvalue weighted by Gasteiger charge is 2.25. The van der Waals surface area contributed by atoms with Crippen molar-refractivity contribution in [3.8, 4) is 5.75 Å². The number of nitrogens with two attached hydrogens (primary N) is 1. The number of carbonyl (C=O) groups excluding carboxylic acids is 2. The molecular weight excluding hydrogens is 318 g/mol. The van der Waals surface area contributed by atoms with E-state index >= 15 is 0 Å². The Morgan fingerprint density at radius 2 is 1.88 bits per heavy atom. The number of methoxy groups -OCH3 is 1. The van der Waals surface area contributed by atoms with Crippen LogP contribution in [-0.2, 0) is 9.59 Å². The number of anilines is 1. The first-order chi connectivity index (χ1) is 12.0. The van der Waals surface area contributed by atoms with Crippen LogP contribution in [0.25, 0.3) is 0 Å². The molecule has 6 nitrogen and oxygen atoms in total. The van der Waals surface area contributed by atoms with Crippen molar-refractivity contribution in [2.24, 2.45) is 0 Å². The predicted molar refractivity (Wildman–Crippen MR) is 96.4 cm³/mol. The van der Waals surface area contributed by atoms with Crippen molar-refractivity contribution in [1.82, 2.24) is 5.32 Å². The van der Waals surface area contributed by atoms with Gasteiger partial charge in [-0.3, -0.25) is 9.59 Å². The predicted octanol–water partition coefficient (Wildman–Crippen LogP) is 0.993. The molecule has 2 amide bonds. The Kier molecular flexibility index (Phi) is 6.54. The molecule has 0 fully saturated rings. The molecule has 0 unspecified atom stereocenters. The summed E-state index contributed by atoms with van der Waals surface area (Å²) < 4.78 is 5.31. The largest absolute Gasteiger partial charge is 0.495 e. The molecule has 0 heterocycles. The van der Waals surface area contributed by atoms with Gasteiger partial charge in [0.05, 0.1) is 12.8 Å². The van der Waals surface area contributed by atoms with Gasteiger partial charge in [-0.1, -0.05) is 36.4 Å². The Bertz CT molecular complexity index is 732. The van der Waals surface area contributed by atoms with Crippen molar-refractivity contribution in [1.29, 1.82) is 0 Å². The molecule has 0 radical (unpaired) electrons. The van der Waals surface area contributed by atoms with Crippen LogP contribution in [0.15, 0.2) is 48.5 Å². The van der Waals surface area contributed by atoms with Crippen molar-refractivity contribution in [3.63, 3.8) is 0 Å². The normalized spacial score (nSPS) is 11.5. The van der Waals surface area contributed by atoms with E-state index in [0.29, 0.717) is 11.4 Å². The number of aryl methyl sites for hydroxylation is 1. The number of carbonyl (C=O) groups is 2. The molecule has 4 N–H and O–H groups in total. The average Bonchev–Trinajstić information content (AvgIpc) is 2.62. The zero-order valence-corrected chi connectivity index (χ0v) is 14.7. The summed E-state index contributed by atoms with van der Waals surface area (Å²) in [6, 6.07) is 14.4. The molecule has 0 saturated heterocycles. The van der Waals surface area contributed by atoms with Crippen LogP contribution < -0.4 is 20.7 Å². The van der Waals surface area contributed by atoms with E-state index < -0.39 is 6.04 Å². The van der Waals surface area contributed by atoms with Crippen molar-refractivity contribution in [2.75, 3.05) is 26.0 Å². The van der Waals surface area contributed by atoms with Gasteiger partial charge in [0, 0.05) is 12.6 Å². The minimum atomic E-state index is -0.538. The second-order valence-electron chi connectivity index (χ2n) is 5.69. The number of benzene rings is 2. The molecule has 0 bridgehead atoms. The lowest BCUT2D eigenvalue weighted by molar-refractivity contribution is -0.672. The quantitative estimate of drug-likeness (QED) is 0.702. The summed E-state index contributed by atoms with van der Waals surface area (Å²) in [5, 5.41) is 7.19. The third-order valence-corrected chi connectivity index (χ3v) is 3.87. The van der Waals surface area contributed by atoms with Gasteiger partial charge in [0.15, 0.2) is 12.6 Å². The first-order valence-corrected chi connectivity index (χ1v) is 8.09. The van der Waals surface area contributed by atoms with E-state index in [9.17, 15) is 9.59 Å².